The van der Waals surface area contributed by atoms with E-state index in [9.17, 15) is 0 Å². The monoisotopic (exact) mass is 226 g/mol. The Morgan fingerprint density at radius 1 is 1.43 bits per heavy atom. The lowest BCUT2D eigenvalue weighted by Crippen LogP contribution is -1.95. The summed E-state index contributed by atoms with van der Waals surface area (Å²) in [5, 5.41) is 0. The lowest BCUT2D eigenvalue weighted by atomic mass is 10.4. The van der Waals surface area contributed by atoms with Gasteiger partial charge in [0, 0.05) is 0 Å². The van der Waals surface area contributed by atoms with Crippen LogP contribution in [0.15, 0.2) is 12.2 Å². The molecular weight excluding hydrogens is 220 g/mol. The van der Waals surface area contributed by atoms with Crippen molar-refractivity contribution >= 4 is 31.9 Å². The van der Waals surface area contributed by atoms with Crippen LogP contribution in [0.3, 0.4) is 0 Å². The summed E-state index contributed by atoms with van der Waals surface area (Å²) < 4.78 is -0.00521. The highest BCUT2D eigenvalue weighted by atomic mass is 79.9. The molecule has 0 heterocycles. The van der Waals surface area contributed by atoms with Crippen LogP contribution in [0.25, 0.3) is 0 Å². The predicted molar refractivity (Wildman–Crippen MR) is 41.1 cm³/mol. The molecule has 0 aliphatic carbocycles. The van der Waals surface area contributed by atoms with E-state index in [1.807, 2.05) is 26.0 Å². The van der Waals surface area contributed by atoms with Crippen LogP contribution >= 0.6 is 31.9 Å². The first kappa shape index (κ1) is 7.70. The highest BCUT2D eigenvalue weighted by molar-refractivity contribution is 9.25. The normalized spacial score (nSPS) is 13.1. The quantitative estimate of drug-likeness (QED) is 0.477. The second kappa shape index (κ2) is 2.88. The zero-order valence-electron chi connectivity index (χ0n) is 4.41. The summed E-state index contributed by atoms with van der Waals surface area (Å²) >= 11 is 6.74. The van der Waals surface area contributed by atoms with E-state index in [1.54, 1.807) is 0 Å². The third-order valence-electron chi connectivity index (χ3n) is 0.459. The van der Waals surface area contributed by atoms with Crippen molar-refractivity contribution in [3.8, 4) is 0 Å². The maximum Gasteiger partial charge on any atom is 0.0956 e. The van der Waals surface area contributed by atoms with Gasteiger partial charge in [-0.25, -0.2) is 0 Å². The predicted octanol–water partition coefficient (Wildman–Crippen LogP) is 3.07. The molecule has 0 rings (SSSR count). The maximum absolute atomic E-state index is 3.37. The summed E-state index contributed by atoms with van der Waals surface area (Å²) in [6.45, 7) is 4.01. The van der Waals surface area contributed by atoms with Crippen LogP contribution in [-0.2, 0) is 0 Å². The van der Waals surface area contributed by atoms with Crippen molar-refractivity contribution in [2.24, 2.45) is 0 Å². The van der Waals surface area contributed by atoms with Crippen molar-refractivity contribution in [1.82, 2.24) is 0 Å². The van der Waals surface area contributed by atoms with Gasteiger partial charge in [0.05, 0.1) is 3.23 Å². The number of hydrogen-bond acceptors (Lipinski definition) is 0. The molecule has 0 spiro atoms. The summed E-state index contributed by atoms with van der Waals surface area (Å²) in [5.74, 6) is 0. The Bertz CT molecular complexity index is 68.6. The van der Waals surface area contributed by atoms with Gasteiger partial charge in [-0.15, -0.1) is 0 Å². The van der Waals surface area contributed by atoms with Crippen LogP contribution in [0.1, 0.15) is 13.8 Å². The fourth-order valence-electron chi connectivity index (χ4n) is 0.293. The topological polar surface area (TPSA) is 0 Å². The van der Waals surface area contributed by atoms with Crippen molar-refractivity contribution in [2.75, 3.05) is 0 Å². The molecule has 0 fully saturated rings. The van der Waals surface area contributed by atoms with E-state index in [0.29, 0.717) is 0 Å². The van der Waals surface area contributed by atoms with Crippen LogP contribution < -0.4 is 0 Å². The molecular formula is C5H8Br2. The molecule has 0 aromatic heterocycles. The summed E-state index contributed by atoms with van der Waals surface area (Å²) in [6.07, 6.45) is 4.01. The van der Waals surface area contributed by atoms with Gasteiger partial charge in [-0.05, 0) is 13.8 Å². The van der Waals surface area contributed by atoms with Gasteiger partial charge in [0.15, 0.2) is 0 Å². The van der Waals surface area contributed by atoms with Crippen LogP contribution in [0.5, 0.6) is 0 Å². The van der Waals surface area contributed by atoms with E-state index in [4.69, 9.17) is 0 Å². The molecule has 0 amide bonds. The van der Waals surface area contributed by atoms with Crippen molar-refractivity contribution in [3.05, 3.63) is 12.2 Å². The van der Waals surface area contributed by atoms with Crippen LogP contribution in [0.4, 0.5) is 0 Å². The van der Waals surface area contributed by atoms with Crippen molar-refractivity contribution < 1.29 is 0 Å². The van der Waals surface area contributed by atoms with E-state index in [0.717, 1.165) is 0 Å². The molecule has 0 N–H and O–H groups in total. The van der Waals surface area contributed by atoms with Gasteiger partial charge >= 0.3 is 0 Å². The highest BCUT2D eigenvalue weighted by Gasteiger charge is 2.06. The first-order valence-corrected chi connectivity index (χ1v) is 3.66. The zero-order valence-corrected chi connectivity index (χ0v) is 7.58. The average molecular weight is 228 g/mol. The number of halogens is 2. The smallest absolute Gasteiger partial charge is 0.0894 e. The molecule has 0 bridgehead atoms. The molecule has 0 nitrogen and oxygen atoms in total. The summed E-state index contributed by atoms with van der Waals surface area (Å²) in [4.78, 5) is 0. The first-order chi connectivity index (χ1) is 3.06. The fraction of sp³-hybridized carbons (Fsp3) is 0.600. The molecule has 0 aromatic carbocycles. The molecule has 0 aliphatic rings. The second-order valence-corrected chi connectivity index (χ2v) is 5.82. The van der Waals surface area contributed by atoms with Gasteiger partial charge in [-0.2, -0.15) is 0 Å². The molecule has 42 valence electrons. The SMILES string of the molecule is C/C=C\C(C)(Br)Br. The van der Waals surface area contributed by atoms with Crippen LogP contribution in [-0.4, -0.2) is 3.23 Å². The number of alkyl halides is 2. The Morgan fingerprint density at radius 3 is 1.86 bits per heavy atom. The minimum atomic E-state index is -0.00521. The summed E-state index contributed by atoms with van der Waals surface area (Å²) in [7, 11) is 0. The lowest BCUT2D eigenvalue weighted by Gasteiger charge is -2.03. The molecule has 0 atom stereocenters. The summed E-state index contributed by atoms with van der Waals surface area (Å²) in [5.41, 5.74) is 0. The third kappa shape index (κ3) is 6.70. The van der Waals surface area contributed by atoms with Crippen molar-refractivity contribution in [3.63, 3.8) is 0 Å². The molecule has 0 saturated carbocycles. The molecule has 2 heteroatoms. The average Bonchev–Trinajstić information content (AvgIpc) is 1.30. The number of rotatable bonds is 1. The largest absolute Gasteiger partial charge is 0.0956 e. The van der Waals surface area contributed by atoms with Crippen molar-refractivity contribution in [2.45, 2.75) is 17.1 Å². The molecule has 0 saturated heterocycles. The van der Waals surface area contributed by atoms with Gasteiger partial charge in [-0.3, -0.25) is 0 Å². The van der Waals surface area contributed by atoms with E-state index >= 15 is 0 Å². The molecule has 7 heavy (non-hydrogen) atoms. The zero-order chi connectivity index (χ0) is 5.91. The molecule has 0 radical (unpaired) electrons. The maximum atomic E-state index is 3.37. The van der Waals surface area contributed by atoms with Gasteiger partial charge in [0.25, 0.3) is 0 Å². The Hall–Kier alpha value is 0.700. The first-order valence-electron chi connectivity index (χ1n) is 2.08. The van der Waals surface area contributed by atoms with E-state index in [1.165, 1.54) is 0 Å². The molecule has 0 aliphatic heterocycles. The fourth-order valence-corrected chi connectivity index (χ4v) is 0.821. The lowest BCUT2D eigenvalue weighted by molar-refractivity contribution is 1.20. The Balaban J connectivity index is 3.56. The Labute approximate surface area is 61.2 Å². The van der Waals surface area contributed by atoms with Gasteiger partial charge in [-0.1, -0.05) is 44.0 Å². The number of allylic oxidation sites excluding steroid dienone is 2. The molecule has 0 unspecified atom stereocenters. The second-order valence-electron chi connectivity index (χ2n) is 1.46. The van der Waals surface area contributed by atoms with E-state index in [-0.39, 0.29) is 3.23 Å². The van der Waals surface area contributed by atoms with E-state index < -0.39 is 0 Å². The van der Waals surface area contributed by atoms with Gasteiger partial charge < -0.3 is 0 Å². The number of hydrogen-bond donors (Lipinski definition) is 0. The van der Waals surface area contributed by atoms with E-state index in [2.05, 4.69) is 31.9 Å². The van der Waals surface area contributed by atoms with Gasteiger partial charge in [0.1, 0.15) is 0 Å². The highest BCUT2D eigenvalue weighted by Crippen LogP contribution is 2.25. The Kier molecular flexibility index (Phi) is 3.16. The van der Waals surface area contributed by atoms with Crippen LogP contribution in [0, 0.1) is 0 Å². The molecule has 0 aromatic rings. The standard InChI is InChI=1S/C5H8Br2/c1-3-4-5(2,6)7/h3-4H,1-2H3/b4-3-. The summed E-state index contributed by atoms with van der Waals surface area (Å²) in [6, 6.07) is 0. The minimum absolute atomic E-state index is 0.00521. The van der Waals surface area contributed by atoms with Crippen molar-refractivity contribution in [1.29, 1.82) is 0 Å². The van der Waals surface area contributed by atoms with Crippen LogP contribution in [0.2, 0.25) is 0 Å². The van der Waals surface area contributed by atoms with Gasteiger partial charge in [0.2, 0.25) is 0 Å². The third-order valence-corrected chi connectivity index (χ3v) is 0.988. The Morgan fingerprint density at radius 2 is 1.86 bits per heavy atom. The minimum Gasteiger partial charge on any atom is -0.0894 e.